The van der Waals surface area contributed by atoms with E-state index in [2.05, 4.69) is 0 Å². The monoisotopic (exact) mass is 244 g/mol. The van der Waals surface area contributed by atoms with Gasteiger partial charge in [0.15, 0.2) is 0 Å². The van der Waals surface area contributed by atoms with Gasteiger partial charge in [0.25, 0.3) is 0 Å². The van der Waals surface area contributed by atoms with Crippen LogP contribution in [0.1, 0.15) is 0 Å². The summed E-state index contributed by atoms with van der Waals surface area (Å²) in [5.74, 6) is -1.17. The first-order valence-corrected chi connectivity index (χ1v) is 5.91. The number of hydrogen-bond donors (Lipinski definition) is 1. The van der Waals surface area contributed by atoms with E-state index in [1.54, 1.807) is 0 Å². The second kappa shape index (κ2) is 5.02. The van der Waals surface area contributed by atoms with Crippen molar-refractivity contribution in [2.75, 3.05) is 0 Å². The standard InChI is InChI=1S/C9H11NO2Se/c10-8(9(11)12)6-13-7-4-2-1-3-5-7/h1-5,8H,6,10H2,(H,11,12)/p-1/t8-/m0/s1. The fraction of sp³-hybridized carbons (Fsp3) is 0.222. The van der Waals surface area contributed by atoms with Crippen molar-refractivity contribution in [2.45, 2.75) is 11.4 Å². The van der Waals surface area contributed by atoms with Gasteiger partial charge >= 0.3 is 82.7 Å². The average molecular weight is 243 g/mol. The summed E-state index contributed by atoms with van der Waals surface area (Å²) in [6.45, 7) is 0. The van der Waals surface area contributed by atoms with E-state index in [0.717, 1.165) is 4.46 Å². The summed E-state index contributed by atoms with van der Waals surface area (Å²) in [4.78, 5) is 10.3. The van der Waals surface area contributed by atoms with Crippen LogP contribution in [0.3, 0.4) is 0 Å². The average Bonchev–Trinajstić information content (AvgIpc) is 2.15. The molecule has 0 bridgehead atoms. The molecule has 0 aliphatic carbocycles. The molecule has 0 radical (unpaired) electrons. The molecule has 1 atom stereocenters. The van der Waals surface area contributed by atoms with Gasteiger partial charge in [0, 0.05) is 0 Å². The van der Waals surface area contributed by atoms with Crippen molar-refractivity contribution in [2.24, 2.45) is 5.73 Å². The topological polar surface area (TPSA) is 66.2 Å². The zero-order chi connectivity index (χ0) is 9.68. The van der Waals surface area contributed by atoms with Gasteiger partial charge in [-0.15, -0.1) is 0 Å². The maximum atomic E-state index is 10.3. The Morgan fingerprint density at radius 3 is 2.62 bits per heavy atom. The number of carbonyl (C=O) groups is 1. The van der Waals surface area contributed by atoms with Gasteiger partial charge in [0.2, 0.25) is 0 Å². The molecule has 1 aromatic rings. The van der Waals surface area contributed by atoms with Crippen LogP contribution < -0.4 is 15.3 Å². The number of rotatable bonds is 4. The fourth-order valence-corrected chi connectivity index (χ4v) is 2.57. The van der Waals surface area contributed by atoms with E-state index in [-0.39, 0.29) is 15.0 Å². The van der Waals surface area contributed by atoms with Gasteiger partial charge in [-0.1, -0.05) is 0 Å². The molecule has 0 aliphatic rings. The molecule has 0 spiro atoms. The summed E-state index contributed by atoms with van der Waals surface area (Å²) in [7, 11) is 0. The quantitative estimate of drug-likeness (QED) is 0.655. The first-order chi connectivity index (χ1) is 6.20. The Morgan fingerprint density at radius 1 is 1.46 bits per heavy atom. The van der Waals surface area contributed by atoms with Crippen LogP contribution in [0.4, 0.5) is 0 Å². The fourth-order valence-electron chi connectivity index (χ4n) is 0.771. The van der Waals surface area contributed by atoms with Gasteiger partial charge in [0.1, 0.15) is 0 Å². The molecular formula is C9H10NO2Se-. The van der Waals surface area contributed by atoms with Gasteiger partial charge in [0.05, 0.1) is 0 Å². The van der Waals surface area contributed by atoms with Gasteiger partial charge < -0.3 is 0 Å². The summed E-state index contributed by atoms with van der Waals surface area (Å²) in [5.41, 5.74) is 5.32. The van der Waals surface area contributed by atoms with E-state index in [1.165, 1.54) is 0 Å². The maximum absolute atomic E-state index is 10.3. The van der Waals surface area contributed by atoms with E-state index in [4.69, 9.17) is 5.73 Å². The van der Waals surface area contributed by atoms with E-state index >= 15 is 0 Å². The van der Waals surface area contributed by atoms with Crippen LogP contribution >= 0.6 is 0 Å². The van der Waals surface area contributed by atoms with Gasteiger partial charge in [-0.05, 0) is 0 Å². The second-order valence-corrected chi connectivity index (χ2v) is 4.84. The summed E-state index contributed by atoms with van der Waals surface area (Å²) in [5, 5.41) is 10.8. The molecule has 0 amide bonds. The number of benzene rings is 1. The summed E-state index contributed by atoms with van der Waals surface area (Å²) in [6.07, 6.45) is 0. The number of carboxylic acids is 1. The number of hydrogen-bond acceptors (Lipinski definition) is 3. The van der Waals surface area contributed by atoms with Crippen molar-refractivity contribution < 1.29 is 9.90 Å². The zero-order valence-corrected chi connectivity index (χ0v) is 8.69. The molecule has 2 N–H and O–H groups in total. The number of nitrogens with two attached hydrogens (primary N) is 1. The number of carboxylic acid groups (broad SMARTS) is 1. The van der Waals surface area contributed by atoms with Crippen molar-refractivity contribution in [3.05, 3.63) is 30.3 Å². The van der Waals surface area contributed by atoms with Crippen LogP contribution in [0.2, 0.25) is 5.32 Å². The Labute approximate surface area is 83.1 Å². The van der Waals surface area contributed by atoms with Crippen LogP contribution in [0, 0.1) is 0 Å². The molecule has 0 aliphatic heterocycles. The van der Waals surface area contributed by atoms with Crippen LogP contribution in [0.25, 0.3) is 0 Å². The third-order valence-electron chi connectivity index (χ3n) is 1.48. The van der Waals surface area contributed by atoms with Crippen molar-refractivity contribution in [1.82, 2.24) is 0 Å². The summed E-state index contributed by atoms with van der Waals surface area (Å²) < 4.78 is 1.16. The normalized spacial score (nSPS) is 12.4. The Bertz CT molecular complexity index is 276. The summed E-state index contributed by atoms with van der Waals surface area (Å²) in [6, 6.07) is 8.91. The number of aliphatic carboxylic acids is 1. The van der Waals surface area contributed by atoms with E-state index < -0.39 is 12.0 Å². The summed E-state index contributed by atoms with van der Waals surface area (Å²) >= 11 is 0.126. The second-order valence-electron chi connectivity index (χ2n) is 2.55. The Hall–Kier alpha value is -0.831. The molecule has 1 rings (SSSR count). The van der Waals surface area contributed by atoms with E-state index in [0.29, 0.717) is 5.32 Å². The predicted molar refractivity (Wildman–Crippen MR) is 49.6 cm³/mol. The SMILES string of the molecule is N[C@@H](C[Se]c1ccccc1)C(=O)[O-]. The Morgan fingerprint density at radius 2 is 2.08 bits per heavy atom. The van der Waals surface area contributed by atoms with Crippen molar-refractivity contribution in [3.63, 3.8) is 0 Å². The van der Waals surface area contributed by atoms with Gasteiger partial charge in [-0.25, -0.2) is 0 Å². The molecule has 13 heavy (non-hydrogen) atoms. The molecule has 0 unspecified atom stereocenters. The third kappa shape index (κ3) is 3.59. The van der Waals surface area contributed by atoms with Crippen LogP contribution in [0.15, 0.2) is 30.3 Å². The van der Waals surface area contributed by atoms with Crippen molar-refractivity contribution in [1.29, 1.82) is 0 Å². The van der Waals surface area contributed by atoms with Gasteiger partial charge in [-0.2, -0.15) is 0 Å². The minimum atomic E-state index is -1.17. The van der Waals surface area contributed by atoms with Crippen LogP contribution in [-0.2, 0) is 4.79 Å². The van der Waals surface area contributed by atoms with Crippen molar-refractivity contribution >= 4 is 25.4 Å². The first kappa shape index (κ1) is 10.3. The molecule has 0 saturated heterocycles. The Balaban J connectivity index is 2.39. The Kier molecular flexibility index (Phi) is 3.96. The molecule has 0 heterocycles. The van der Waals surface area contributed by atoms with Crippen LogP contribution in [-0.4, -0.2) is 27.0 Å². The molecule has 70 valence electrons. The molecule has 0 saturated carbocycles. The van der Waals surface area contributed by atoms with Gasteiger partial charge in [-0.3, -0.25) is 0 Å². The third-order valence-corrected chi connectivity index (χ3v) is 3.85. The minimum absolute atomic E-state index is 0.126. The van der Waals surface area contributed by atoms with E-state index in [9.17, 15) is 9.90 Å². The molecule has 4 heteroatoms. The molecular weight excluding hydrogens is 233 g/mol. The zero-order valence-electron chi connectivity index (χ0n) is 6.97. The van der Waals surface area contributed by atoms with Crippen molar-refractivity contribution in [3.8, 4) is 0 Å². The molecule has 0 aromatic heterocycles. The molecule has 1 aromatic carbocycles. The number of carbonyl (C=O) groups excluding carboxylic acids is 1. The molecule has 0 fully saturated rings. The predicted octanol–water partition coefficient (Wildman–Crippen LogP) is -1.49. The van der Waals surface area contributed by atoms with E-state index in [1.807, 2.05) is 30.3 Å². The van der Waals surface area contributed by atoms with Crippen LogP contribution in [0.5, 0.6) is 0 Å². The first-order valence-electron chi connectivity index (χ1n) is 3.84. The molecule has 3 nitrogen and oxygen atoms in total.